The van der Waals surface area contributed by atoms with Crippen LogP contribution in [-0.2, 0) is 10.0 Å². The van der Waals surface area contributed by atoms with E-state index in [0.29, 0.717) is 34.4 Å². The van der Waals surface area contributed by atoms with Crippen LogP contribution in [0.1, 0.15) is 25.7 Å². The average molecular weight is 415 g/mol. The summed E-state index contributed by atoms with van der Waals surface area (Å²) in [7, 11) is -3.50. The first-order chi connectivity index (χ1) is 12.1. The predicted molar refractivity (Wildman–Crippen MR) is 109 cm³/mol. The Morgan fingerprint density at radius 1 is 1.00 bits per heavy atom. The molecular weight excluding hydrogens is 391 g/mol. The molecule has 2 aromatic rings. The molecule has 0 atom stereocenters. The number of fused-ring (bicyclic) bond motifs is 1. The number of hydrogen-bond acceptors (Lipinski definition) is 3. The van der Waals surface area contributed by atoms with Gasteiger partial charge in [0.1, 0.15) is 0 Å². The van der Waals surface area contributed by atoms with Gasteiger partial charge in [-0.25, -0.2) is 8.42 Å². The van der Waals surface area contributed by atoms with E-state index in [-0.39, 0.29) is 12.4 Å². The Bertz CT molecular complexity index is 876. The minimum atomic E-state index is -3.50. The number of nitrogens with one attached hydrogen (secondary N) is 1. The molecule has 0 radical (unpaired) electrons. The number of halogens is 2. The monoisotopic (exact) mass is 414 g/mol. The van der Waals surface area contributed by atoms with Gasteiger partial charge in [-0.2, -0.15) is 4.31 Å². The maximum atomic E-state index is 13.2. The summed E-state index contributed by atoms with van der Waals surface area (Å²) >= 11 is 6.23. The summed E-state index contributed by atoms with van der Waals surface area (Å²) in [5.41, 5.74) is 0. The molecule has 0 unspecified atom stereocenters. The lowest BCUT2D eigenvalue weighted by molar-refractivity contribution is 0.288. The molecule has 1 heterocycles. The van der Waals surface area contributed by atoms with Crippen molar-refractivity contribution in [3.63, 3.8) is 0 Å². The van der Waals surface area contributed by atoms with Crippen LogP contribution in [0.25, 0.3) is 10.8 Å². The molecule has 1 N–H and O–H groups in total. The minimum Gasteiger partial charge on any atom is -0.314 e. The van der Waals surface area contributed by atoms with Crippen molar-refractivity contribution in [1.82, 2.24) is 9.62 Å². The highest BCUT2D eigenvalue weighted by Gasteiger charge is 2.31. The Morgan fingerprint density at radius 2 is 1.65 bits per heavy atom. The second-order valence-electron chi connectivity index (χ2n) is 7.12. The lowest BCUT2D eigenvalue weighted by atomic mass is 10.1. The Hall–Kier alpha value is -0.850. The summed E-state index contributed by atoms with van der Waals surface area (Å²) in [5.74, 6) is 0.849. The van der Waals surface area contributed by atoms with E-state index in [4.69, 9.17) is 11.6 Å². The molecule has 142 valence electrons. The molecule has 0 bridgehead atoms. The molecule has 4 rings (SSSR count). The molecule has 2 aromatic carbocycles. The van der Waals surface area contributed by atoms with Crippen molar-refractivity contribution in [2.75, 3.05) is 19.6 Å². The molecule has 0 aromatic heterocycles. The van der Waals surface area contributed by atoms with Crippen molar-refractivity contribution >= 4 is 44.8 Å². The number of sulfonamides is 1. The minimum absolute atomic E-state index is 0. The second kappa shape index (κ2) is 8.03. The molecule has 1 aliphatic carbocycles. The molecule has 0 amide bonds. The second-order valence-corrected chi connectivity index (χ2v) is 9.43. The normalized spacial score (nSPS) is 19.4. The van der Waals surface area contributed by atoms with Gasteiger partial charge < -0.3 is 5.32 Å². The van der Waals surface area contributed by atoms with Crippen molar-refractivity contribution < 1.29 is 8.42 Å². The Morgan fingerprint density at radius 3 is 2.31 bits per heavy atom. The molecule has 2 fully saturated rings. The highest BCUT2D eigenvalue weighted by atomic mass is 35.5. The summed E-state index contributed by atoms with van der Waals surface area (Å²) < 4.78 is 27.9. The van der Waals surface area contributed by atoms with E-state index in [2.05, 4.69) is 5.32 Å². The van der Waals surface area contributed by atoms with Crippen molar-refractivity contribution in [3.8, 4) is 0 Å². The van der Waals surface area contributed by atoms with Crippen LogP contribution in [0, 0.1) is 5.92 Å². The number of rotatable bonds is 5. The molecule has 1 saturated heterocycles. The van der Waals surface area contributed by atoms with Crippen molar-refractivity contribution in [1.29, 1.82) is 0 Å². The smallest absolute Gasteiger partial charge is 0.243 e. The van der Waals surface area contributed by atoms with Gasteiger partial charge in [-0.3, -0.25) is 0 Å². The van der Waals surface area contributed by atoms with Crippen molar-refractivity contribution in [3.05, 3.63) is 41.4 Å². The van der Waals surface area contributed by atoms with Gasteiger partial charge in [-0.1, -0.05) is 35.9 Å². The first-order valence-corrected chi connectivity index (χ1v) is 10.8. The fourth-order valence-corrected chi connectivity index (χ4v) is 5.45. The van der Waals surface area contributed by atoms with Gasteiger partial charge >= 0.3 is 0 Å². The number of hydrogen-bond donors (Lipinski definition) is 1. The van der Waals surface area contributed by atoms with E-state index in [0.717, 1.165) is 30.7 Å². The average Bonchev–Trinajstić information content (AvgIpc) is 3.45. The standard InChI is InChI=1S/C19H23ClN2O2S.ClH/c20-18-7-8-19(17-4-2-1-3-16(17)18)25(23,24)22-11-9-15(10-12-22)21-13-14-5-6-14;/h1-4,7-8,14-15,21H,5-6,9-13H2;1H. The predicted octanol–water partition coefficient (Wildman–Crippen LogP) is 4.07. The summed E-state index contributed by atoms with van der Waals surface area (Å²) in [5, 5.41) is 5.66. The van der Waals surface area contributed by atoms with E-state index in [1.807, 2.05) is 24.3 Å². The molecule has 4 nitrogen and oxygen atoms in total. The fraction of sp³-hybridized carbons (Fsp3) is 0.474. The van der Waals surface area contributed by atoms with E-state index in [9.17, 15) is 8.42 Å². The number of benzene rings is 2. The summed E-state index contributed by atoms with van der Waals surface area (Å²) in [6.45, 7) is 2.22. The third-order valence-electron chi connectivity index (χ3n) is 5.29. The molecule has 7 heteroatoms. The molecule has 1 saturated carbocycles. The van der Waals surface area contributed by atoms with E-state index >= 15 is 0 Å². The van der Waals surface area contributed by atoms with Gasteiger partial charge in [0.05, 0.1) is 4.90 Å². The zero-order valence-electron chi connectivity index (χ0n) is 14.5. The largest absolute Gasteiger partial charge is 0.314 e. The quantitative estimate of drug-likeness (QED) is 0.801. The third kappa shape index (κ3) is 4.02. The summed E-state index contributed by atoms with van der Waals surface area (Å²) in [6, 6.07) is 11.2. The molecule has 26 heavy (non-hydrogen) atoms. The summed E-state index contributed by atoms with van der Waals surface area (Å²) in [4.78, 5) is 0.358. The van der Waals surface area contributed by atoms with Crippen LogP contribution in [0.15, 0.2) is 41.3 Å². The zero-order valence-corrected chi connectivity index (χ0v) is 16.9. The van der Waals surface area contributed by atoms with Gasteiger partial charge in [0.15, 0.2) is 0 Å². The van der Waals surface area contributed by atoms with Crippen LogP contribution in [0.2, 0.25) is 5.02 Å². The molecule has 1 aliphatic heterocycles. The van der Waals surface area contributed by atoms with Crippen molar-refractivity contribution in [2.45, 2.75) is 36.6 Å². The van der Waals surface area contributed by atoms with E-state index < -0.39 is 10.0 Å². The van der Waals surface area contributed by atoms with Gasteiger partial charge in [0, 0.05) is 34.9 Å². The topological polar surface area (TPSA) is 49.4 Å². The number of piperidine rings is 1. The Kier molecular flexibility index (Phi) is 6.14. The fourth-order valence-electron chi connectivity index (χ4n) is 3.55. The Balaban J connectivity index is 0.00000196. The highest BCUT2D eigenvalue weighted by molar-refractivity contribution is 7.89. The Labute approximate surface area is 166 Å². The van der Waals surface area contributed by atoms with Crippen molar-refractivity contribution in [2.24, 2.45) is 5.92 Å². The van der Waals surface area contributed by atoms with Gasteiger partial charge in [0.25, 0.3) is 0 Å². The first kappa shape index (κ1) is 19.9. The maximum Gasteiger partial charge on any atom is 0.243 e. The lowest BCUT2D eigenvalue weighted by Crippen LogP contribution is -2.45. The highest BCUT2D eigenvalue weighted by Crippen LogP contribution is 2.32. The van der Waals surface area contributed by atoms with Crippen LogP contribution in [0.3, 0.4) is 0 Å². The molecular formula is C19H24Cl2N2O2S. The van der Waals surface area contributed by atoms with Gasteiger partial charge in [-0.05, 0) is 50.3 Å². The van der Waals surface area contributed by atoms with Crippen LogP contribution < -0.4 is 5.32 Å². The van der Waals surface area contributed by atoms with E-state index in [1.54, 1.807) is 16.4 Å². The number of nitrogens with zero attached hydrogens (tertiary/aromatic N) is 1. The molecule has 0 spiro atoms. The lowest BCUT2D eigenvalue weighted by Gasteiger charge is -2.32. The third-order valence-corrected chi connectivity index (χ3v) is 7.58. The molecule has 2 aliphatic rings. The first-order valence-electron chi connectivity index (χ1n) is 8.96. The van der Waals surface area contributed by atoms with Crippen LogP contribution >= 0.6 is 24.0 Å². The van der Waals surface area contributed by atoms with Gasteiger partial charge in [-0.15, -0.1) is 12.4 Å². The summed E-state index contributed by atoms with van der Waals surface area (Å²) in [6.07, 6.45) is 4.42. The maximum absolute atomic E-state index is 13.2. The van der Waals surface area contributed by atoms with Crippen LogP contribution in [0.5, 0.6) is 0 Å². The van der Waals surface area contributed by atoms with Gasteiger partial charge in [0.2, 0.25) is 10.0 Å². The van der Waals surface area contributed by atoms with Crippen LogP contribution in [0.4, 0.5) is 0 Å². The van der Waals surface area contributed by atoms with Crippen LogP contribution in [-0.4, -0.2) is 38.4 Å². The SMILES string of the molecule is Cl.O=S(=O)(c1ccc(Cl)c2ccccc12)N1CCC(NCC2CC2)CC1. The van der Waals surface area contributed by atoms with E-state index in [1.165, 1.54) is 12.8 Å². The zero-order chi connectivity index (χ0) is 17.4.